The van der Waals surface area contributed by atoms with E-state index in [-0.39, 0.29) is 11.7 Å². The van der Waals surface area contributed by atoms with Gasteiger partial charge in [0.25, 0.3) is 5.91 Å². The Labute approximate surface area is 128 Å². The molecule has 1 amide bonds. The highest BCUT2D eigenvalue weighted by Crippen LogP contribution is 2.31. The zero-order valence-electron chi connectivity index (χ0n) is 11.9. The minimum Gasteiger partial charge on any atom is -0.507 e. The molecule has 3 nitrogen and oxygen atoms in total. The molecule has 0 saturated heterocycles. The molecule has 1 aliphatic carbocycles. The summed E-state index contributed by atoms with van der Waals surface area (Å²) in [6.07, 6.45) is 4.96. The predicted octanol–water partition coefficient (Wildman–Crippen LogP) is 3.63. The SMILES string of the molecule is Cc1cccc(C(=O)NCC2CCCCC2CBr)c1O. The van der Waals surface area contributed by atoms with Crippen LogP contribution in [-0.4, -0.2) is 22.9 Å². The van der Waals surface area contributed by atoms with Crippen LogP contribution >= 0.6 is 15.9 Å². The van der Waals surface area contributed by atoms with Gasteiger partial charge in [-0.1, -0.05) is 40.9 Å². The van der Waals surface area contributed by atoms with E-state index in [0.717, 1.165) is 10.9 Å². The number of hydrogen-bond acceptors (Lipinski definition) is 2. The van der Waals surface area contributed by atoms with Crippen molar-refractivity contribution in [2.75, 3.05) is 11.9 Å². The number of rotatable bonds is 4. The van der Waals surface area contributed by atoms with E-state index in [9.17, 15) is 9.90 Å². The van der Waals surface area contributed by atoms with Gasteiger partial charge < -0.3 is 10.4 Å². The fourth-order valence-electron chi connectivity index (χ4n) is 2.92. The lowest BCUT2D eigenvalue weighted by Crippen LogP contribution is -2.34. The Bertz CT molecular complexity index is 476. The summed E-state index contributed by atoms with van der Waals surface area (Å²) < 4.78 is 0. The summed E-state index contributed by atoms with van der Waals surface area (Å²) in [6, 6.07) is 5.26. The molecule has 2 unspecified atom stereocenters. The Morgan fingerprint density at radius 2 is 2.05 bits per heavy atom. The summed E-state index contributed by atoms with van der Waals surface area (Å²) in [5.41, 5.74) is 1.10. The van der Waals surface area contributed by atoms with Gasteiger partial charge in [-0.05, 0) is 43.2 Å². The first kappa shape index (κ1) is 15.4. The number of aryl methyl sites for hydroxylation is 1. The van der Waals surface area contributed by atoms with Crippen molar-refractivity contribution < 1.29 is 9.90 Å². The summed E-state index contributed by atoms with van der Waals surface area (Å²) in [4.78, 5) is 12.2. The zero-order valence-corrected chi connectivity index (χ0v) is 13.4. The second-order valence-electron chi connectivity index (χ2n) is 5.64. The molecular formula is C16H22BrNO2. The fourth-order valence-corrected chi connectivity index (χ4v) is 3.77. The van der Waals surface area contributed by atoms with E-state index in [4.69, 9.17) is 0 Å². The molecule has 0 aromatic heterocycles. The molecule has 0 radical (unpaired) electrons. The van der Waals surface area contributed by atoms with Gasteiger partial charge in [0.15, 0.2) is 0 Å². The third-order valence-electron chi connectivity index (χ3n) is 4.27. The third-order valence-corrected chi connectivity index (χ3v) is 5.10. The van der Waals surface area contributed by atoms with Crippen LogP contribution in [-0.2, 0) is 0 Å². The Kier molecular flexibility index (Phi) is 5.46. The van der Waals surface area contributed by atoms with Gasteiger partial charge in [-0.15, -0.1) is 0 Å². The smallest absolute Gasteiger partial charge is 0.255 e. The van der Waals surface area contributed by atoms with Gasteiger partial charge in [0.1, 0.15) is 5.75 Å². The molecule has 1 aromatic rings. The van der Waals surface area contributed by atoms with Crippen LogP contribution in [0.4, 0.5) is 0 Å². The van der Waals surface area contributed by atoms with Crippen LogP contribution in [0.5, 0.6) is 5.75 Å². The minimum atomic E-state index is -0.176. The average molecular weight is 340 g/mol. The fraction of sp³-hybridized carbons (Fsp3) is 0.562. The normalized spacial score (nSPS) is 22.5. The summed E-state index contributed by atoms with van der Waals surface area (Å²) >= 11 is 3.57. The van der Waals surface area contributed by atoms with Gasteiger partial charge in [0, 0.05) is 11.9 Å². The topological polar surface area (TPSA) is 49.3 Å². The van der Waals surface area contributed by atoms with Gasteiger partial charge in [-0.3, -0.25) is 4.79 Å². The van der Waals surface area contributed by atoms with Crippen LogP contribution in [0.1, 0.15) is 41.6 Å². The molecule has 2 N–H and O–H groups in total. The van der Waals surface area contributed by atoms with Crippen molar-refractivity contribution in [3.8, 4) is 5.75 Å². The summed E-state index contributed by atoms with van der Waals surface area (Å²) in [6.45, 7) is 2.50. The zero-order chi connectivity index (χ0) is 14.5. The summed E-state index contributed by atoms with van der Waals surface area (Å²) in [7, 11) is 0. The number of halogens is 1. The molecule has 110 valence electrons. The van der Waals surface area contributed by atoms with Crippen molar-refractivity contribution in [3.05, 3.63) is 29.3 Å². The Morgan fingerprint density at radius 3 is 2.75 bits per heavy atom. The first-order valence-corrected chi connectivity index (χ1v) is 8.38. The molecule has 1 aliphatic rings. The average Bonchev–Trinajstić information content (AvgIpc) is 2.48. The highest BCUT2D eigenvalue weighted by Gasteiger charge is 2.25. The highest BCUT2D eigenvalue weighted by atomic mass is 79.9. The van der Waals surface area contributed by atoms with E-state index < -0.39 is 0 Å². The minimum absolute atomic E-state index is 0.0886. The number of phenolic OH excluding ortho intramolecular Hbond substituents is 1. The maximum atomic E-state index is 12.2. The molecule has 0 heterocycles. The van der Waals surface area contributed by atoms with Crippen molar-refractivity contribution in [1.82, 2.24) is 5.32 Å². The summed E-state index contributed by atoms with van der Waals surface area (Å²) in [5, 5.41) is 13.9. The van der Waals surface area contributed by atoms with Gasteiger partial charge in [-0.25, -0.2) is 0 Å². The molecular weight excluding hydrogens is 318 g/mol. The molecule has 2 rings (SSSR count). The number of nitrogens with one attached hydrogen (secondary N) is 1. The van der Waals surface area contributed by atoms with Crippen molar-refractivity contribution in [1.29, 1.82) is 0 Å². The van der Waals surface area contributed by atoms with Crippen LogP contribution in [0.3, 0.4) is 0 Å². The van der Waals surface area contributed by atoms with E-state index in [0.29, 0.717) is 23.9 Å². The Hall–Kier alpha value is -1.03. The van der Waals surface area contributed by atoms with Gasteiger partial charge in [0.05, 0.1) is 5.56 Å². The first-order chi connectivity index (χ1) is 9.63. The van der Waals surface area contributed by atoms with Crippen LogP contribution in [0.25, 0.3) is 0 Å². The monoisotopic (exact) mass is 339 g/mol. The molecule has 1 saturated carbocycles. The van der Waals surface area contributed by atoms with Crippen LogP contribution < -0.4 is 5.32 Å². The van der Waals surface area contributed by atoms with Crippen LogP contribution in [0.2, 0.25) is 0 Å². The van der Waals surface area contributed by atoms with E-state index in [1.165, 1.54) is 25.7 Å². The standard InChI is InChI=1S/C16H22BrNO2/c1-11-5-4-8-14(15(11)19)16(20)18-10-13-7-3-2-6-12(13)9-17/h4-5,8,12-13,19H,2-3,6-7,9-10H2,1H3,(H,18,20). The van der Waals surface area contributed by atoms with Crippen molar-refractivity contribution in [2.24, 2.45) is 11.8 Å². The van der Waals surface area contributed by atoms with E-state index in [1.807, 2.05) is 0 Å². The third kappa shape index (κ3) is 3.54. The summed E-state index contributed by atoms with van der Waals surface area (Å²) in [5.74, 6) is 1.10. The number of carbonyl (C=O) groups excluding carboxylic acids is 1. The molecule has 4 heteroatoms. The number of carbonyl (C=O) groups is 1. The maximum Gasteiger partial charge on any atom is 0.255 e. The number of alkyl halides is 1. The van der Waals surface area contributed by atoms with E-state index >= 15 is 0 Å². The number of amides is 1. The number of phenols is 1. The van der Waals surface area contributed by atoms with Crippen molar-refractivity contribution in [3.63, 3.8) is 0 Å². The lowest BCUT2D eigenvalue weighted by atomic mass is 9.80. The largest absolute Gasteiger partial charge is 0.507 e. The van der Waals surface area contributed by atoms with Crippen molar-refractivity contribution >= 4 is 21.8 Å². The Morgan fingerprint density at radius 1 is 1.35 bits per heavy atom. The van der Waals surface area contributed by atoms with Crippen molar-refractivity contribution in [2.45, 2.75) is 32.6 Å². The molecule has 2 atom stereocenters. The molecule has 0 spiro atoms. The van der Waals surface area contributed by atoms with E-state index in [2.05, 4.69) is 21.2 Å². The van der Waals surface area contributed by atoms with Crippen LogP contribution in [0.15, 0.2) is 18.2 Å². The predicted molar refractivity (Wildman–Crippen MR) is 84.4 cm³/mol. The number of benzene rings is 1. The second kappa shape index (κ2) is 7.11. The number of para-hydroxylation sites is 1. The quantitative estimate of drug-likeness (QED) is 0.823. The number of aromatic hydroxyl groups is 1. The van der Waals surface area contributed by atoms with Gasteiger partial charge in [-0.2, -0.15) is 0 Å². The molecule has 0 aliphatic heterocycles. The van der Waals surface area contributed by atoms with E-state index in [1.54, 1.807) is 25.1 Å². The van der Waals surface area contributed by atoms with Gasteiger partial charge in [0.2, 0.25) is 0 Å². The molecule has 1 aromatic carbocycles. The highest BCUT2D eigenvalue weighted by molar-refractivity contribution is 9.09. The Balaban J connectivity index is 1.96. The second-order valence-corrected chi connectivity index (χ2v) is 6.29. The molecule has 1 fully saturated rings. The lowest BCUT2D eigenvalue weighted by molar-refractivity contribution is 0.0934. The number of hydrogen-bond donors (Lipinski definition) is 2. The van der Waals surface area contributed by atoms with Crippen LogP contribution in [0, 0.1) is 18.8 Å². The van der Waals surface area contributed by atoms with Gasteiger partial charge >= 0.3 is 0 Å². The lowest BCUT2D eigenvalue weighted by Gasteiger charge is -2.30. The molecule has 20 heavy (non-hydrogen) atoms. The maximum absolute atomic E-state index is 12.2. The first-order valence-electron chi connectivity index (χ1n) is 7.26. The molecule has 0 bridgehead atoms.